The van der Waals surface area contributed by atoms with Gasteiger partial charge in [0.05, 0.1) is 6.61 Å². The molecule has 0 bridgehead atoms. The van der Waals surface area contributed by atoms with Crippen molar-refractivity contribution in [2.75, 3.05) is 14.2 Å². The molecule has 0 aromatic heterocycles. The van der Waals surface area contributed by atoms with Gasteiger partial charge in [-0.25, -0.2) is 4.79 Å². The lowest BCUT2D eigenvalue weighted by Crippen LogP contribution is -2.41. The van der Waals surface area contributed by atoms with Gasteiger partial charge >= 0.3 is 6.03 Å². The third kappa shape index (κ3) is 3.78. The zero-order valence-electron chi connectivity index (χ0n) is 10.6. The van der Waals surface area contributed by atoms with Gasteiger partial charge in [0.15, 0.2) is 5.71 Å². The molecule has 7 nitrogen and oxygen atoms in total. The summed E-state index contributed by atoms with van der Waals surface area (Å²) in [7, 11) is 2.67. The average Bonchev–Trinajstić information content (AvgIpc) is 2.44. The molecule has 1 aromatic rings. The van der Waals surface area contributed by atoms with E-state index in [1.165, 1.54) is 14.2 Å². The second kappa shape index (κ2) is 7.12. The van der Waals surface area contributed by atoms with E-state index in [1.54, 1.807) is 24.3 Å². The van der Waals surface area contributed by atoms with Gasteiger partial charge in [-0.15, -0.1) is 0 Å². The predicted molar refractivity (Wildman–Crippen MR) is 68.5 cm³/mol. The molecule has 102 valence electrons. The molecule has 0 aliphatic heterocycles. The highest BCUT2D eigenvalue weighted by atomic mass is 16.6. The minimum atomic E-state index is -0.720. The van der Waals surface area contributed by atoms with E-state index in [4.69, 9.17) is 0 Å². The van der Waals surface area contributed by atoms with Crippen LogP contribution in [0.5, 0.6) is 0 Å². The third-order valence-electron chi connectivity index (χ3n) is 2.29. The van der Waals surface area contributed by atoms with E-state index < -0.39 is 11.9 Å². The van der Waals surface area contributed by atoms with Crippen molar-refractivity contribution in [3.8, 4) is 0 Å². The minimum Gasteiger partial charge on any atom is -0.398 e. The molecular weight excluding hydrogens is 250 g/mol. The molecule has 0 aliphatic carbocycles. The number of hydrogen-bond donors (Lipinski definition) is 3. The summed E-state index contributed by atoms with van der Waals surface area (Å²) in [5.41, 5.74) is 0.814. The van der Waals surface area contributed by atoms with Crippen LogP contribution in [-0.2, 0) is 16.2 Å². The van der Waals surface area contributed by atoms with Crippen LogP contribution >= 0.6 is 0 Å². The molecule has 0 unspecified atom stereocenters. The summed E-state index contributed by atoms with van der Waals surface area (Å²) in [6.45, 7) is -0.258. The zero-order chi connectivity index (χ0) is 14.3. The number of nitrogens with one attached hydrogen (secondary N) is 2. The standard InChI is InChI=1S/C12H15N3O4/c1-13-12(18)14-11(17)10(15-19-2)9-6-4-3-5-8(9)7-16/h3-6,16H,7H2,1-2H3,(H2,13,14,17,18)/b15-10+. The van der Waals surface area contributed by atoms with Crippen LogP contribution in [0, 0.1) is 0 Å². The molecule has 0 heterocycles. The van der Waals surface area contributed by atoms with Crippen LogP contribution in [-0.4, -0.2) is 36.9 Å². The van der Waals surface area contributed by atoms with E-state index in [0.717, 1.165) is 0 Å². The summed E-state index contributed by atoms with van der Waals surface area (Å²) in [5, 5.41) is 17.2. The number of oxime groups is 1. The Kier molecular flexibility index (Phi) is 5.49. The molecule has 3 amide bonds. The monoisotopic (exact) mass is 265 g/mol. The summed E-state index contributed by atoms with van der Waals surface area (Å²) in [5.74, 6) is -0.720. The van der Waals surface area contributed by atoms with E-state index in [1.807, 2.05) is 0 Å². The van der Waals surface area contributed by atoms with Gasteiger partial charge < -0.3 is 15.3 Å². The Morgan fingerprint density at radius 3 is 2.63 bits per heavy atom. The lowest BCUT2D eigenvalue weighted by Gasteiger charge is -2.09. The number of amides is 3. The molecule has 0 saturated heterocycles. The number of aliphatic hydroxyl groups excluding tert-OH is 1. The van der Waals surface area contributed by atoms with Gasteiger partial charge in [0.2, 0.25) is 0 Å². The molecule has 0 fully saturated rings. The molecule has 7 heteroatoms. The third-order valence-corrected chi connectivity index (χ3v) is 2.29. The number of carbonyl (C=O) groups excluding carboxylic acids is 2. The summed E-state index contributed by atoms with van der Waals surface area (Å²) in [6.07, 6.45) is 0. The van der Waals surface area contributed by atoms with Gasteiger partial charge in [0, 0.05) is 12.6 Å². The maximum Gasteiger partial charge on any atom is 0.321 e. The summed E-state index contributed by atoms with van der Waals surface area (Å²) in [6, 6.07) is 6.00. The summed E-state index contributed by atoms with van der Waals surface area (Å²) >= 11 is 0. The van der Waals surface area contributed by atoms with E-state index >= 15 is 0 Å². The fourth-order valence-electron chi connectivity index (χ4n) is 1.42. The van der Waals surface area contributed by atoms with Crippen LogP contribution in [0.4, 0.5) is 4.79 Å². The Morgan fingerprint density at radius 2 is 2.05 bits per heavy atom. The largest absolute Gasteiger partial charge is 0.398 e. The molecule has 0 radical (unpaired) electrons. The van der Waals surface area contributed by atoms with Crippen molar-refractivity contribution < 1.29 is 19.5 Å². The van der Waals surface area contributed by atoms with Crippen molar-refractivity contribution in [1.29, 1.82) is 0 Å². The van der Waals surface area contributed by atoms with Gasteiger partial charge in [-0.2, -0.15) is 0 Å². The molecule has 0 saturated carbocycles. The van der Waals surface area contributed by atoms with Gasteiger partial charge in [0.25, 0.3) is 5.91 Å². The second-order valence-corrected chi connectivity index (χ2v) is 3.47. The smallest absolute Gasteiger partial charge is 0.321 e. The first-order chi connectivity index (χ1) is 9.13. The van der Waals surface area contributed by atoms with Crippen molar-refractivity contribution in [3.05, 3.63) is 35.4 Å². The van der Waals surface area contributed by atoms with Crippen molar-refractivity contribution in [2.45, 2.75) is 6.61 Å². The molecule has 3 N–H and O–H groups in total. The molecule has 0 aliphatic rings. The van der Waals surface area contributed by atoms with Crippen LogP contribution in [0.25, 0.3) is 0 Å². The van der Waals surface area contributed by atoms with Crippen LogP contribution in [0.1, 0.15) is 11.1 Å². The Morgan fingerprint density at radius 1 is 1.37 bits per heavy atom. The van der Waals surface area contributed by atoms with E-state index in [0.29, 0.717) is 11.1 Å². The first-order valence-electron chi connectivity index (χ1n) is 5.47. The highest BCUT2D eigenvalue weighted by Gasteiger charge is 2.19. The van der Waals surface area contributed by atoms with Gasteiger partial charge in [0.1, 0.15) is 7.11 Å². The molecule has 1 rings (SSSR count). The van der Waals surface area contributed by atoms with Crippen molar-refractivity contribution in [2.24, 2.45) is 5.16 Å². The summed E-state index contributed by atoms with van der Waals surface area (Å²) < 4.78 is 0. The van der Waals surface area contributed by atoms with E-state index in [9.17, 15) is 14.7 Å². The Bertz CT molecular complexity index is 500. The number of aliphatic hydroxyl groups is 1. The number of imide groups is 1. The first-order valence-corrected chi connectivity index (χ1v) is 5.47. The number of rotatable bonds is 4. The van der Waals surface area contributed by atoms with Crippen LogP contribution in [0.2, 0.25) is 0 Å². The molecule has 0 spiro atoms. The normalized spacial score (nSPS) is 10.8. The fraction of sp³-hybridized carbons (Fsp3) is 0.250. The lowest BCUT2D eigenvalue weighted by molar-refractivity contribution is -0.113. The van der Waals surface area contributed by atoms with Crippen molar-refractivity contribution >= 4 is 17.6 Å². The zero-order valence-corrected chi connectivity index (χ0v) is 10.6. The Labute approximate surface area is 110 Å². The SMILES string of the molecule is CNC(=O)NC(=O)/C(=N/OC)c1ccccc1CO. The first kappa shape index (κ1) is 14.7. The molecular formula is C12H15N3O4. The topological polar surface area (TPSA) is 100 Å². The average molecular weight is 265 g/mol. The van der Waals surface area contributed by atoms with Crippen LogP contribution in [0.3, 0.4) is 0 Å². The van der Waals surface area contributed by atoms with Crippen LogP contribution < -0.4 is 10.6 Å². The lowest BCUT2D eigenvalue weighted by atomic mass is 10.0. The molecule has 1 aromatic carbocycles. The minimum absolute atomic E-state index is 0.0873. The van der Waals surface area contributed by atoms with Crippen molar-refractivity contribution in [3.63, 3.8) is 0 Å². The van der Waals surface area contributed by atoms with E-state index in [2.05, 4.69) is 20.6 Å². The second-order valence-electron chi connectivity index (χ2n) is 3.47. The number of hydrogen-bond acceptors (Lipinski definition) is 5. The molecule has 0 atom stereocenters. The van der Waals surface area contributed by atoms with Crippen LogP contribution in [0.15, 0.2) is 29.4 Å². The molecule has 19 heavy (non-hydrogen) atoms. The van der Waals surface area contributed by atoms with Gasteiger partial charge in [-0.3, -0.25) is 10.1 Å². The summed E-state index contributed by atoms with van der Waals surface area (Å²) in [4.78, 5) is 27.6. The highest BCUT2D eigenvalue weighted by Crippen LogP contribution is 2.10. The van der Waals surface area contributed by atoms with Crippen molar-refractivity contribution in [1.82, 2.24) is 10.6 Å². The number of carbonyl (C=O) groups is 2. The number of benzene rings is 1. The van der Waals surface area contributed by atoms with Gasteiger partial charge in [-0.1, -0.05) is 29.4 Å². The van der Waals surface area contributed by atoms with Gasteiger partial charge in [-0.05, 0) is 5.56 Å². The Hall–Kier alpha value is -2.41. The quantitative estimate of drug-likeness (QED) is 0.526. The van der Waals surface area contributed by atoms with E-state index in [-0.39, 0.29) is 12.3 Å². The predicted octanol–water partition coefficient (Wildman–Crippen LogP) is -0.0150. The maximum absolute atomic E-state index is 11.9. The number of nitrogens with zero attached hydrogens (tertiary/aromatic N) is 1. The highest BCUT2D eigenvalue weighted by molar-refractivity contribution is 6.47. The Balaban J connectivity index is 3.11. The maximum atomic E-state index is 11.9. The number of urea groups is 1. The fourth-order valence-corrected chi connectivity index (χ4v) is 1.42.